The molecule has 4 atom stereocenters. The van der Waals surface area contributed by atoms with Crippen LogP contribution in [0.5, 0.6) is 11.5 Å². The first kappa shape index (κ1) is 22.6. The molecule has 2 aliphatic carbocycles. The number of carbonyl (C=O) groups is 1. The average Bonchev–Trinajstić information content (AvgIpc) is 3.36. The van der Waals surface area contributed by atoms with E-state index in [1.165, 1.54) is 6.42 Å². The van der Waals surface area contributed by atoms with E-state index < -0.39 is 29.7 Å². The zero-order valence-electron chi connectivity index (χ0n) is 18.1. The third kappa shape index (κ3) is 5.09. The minimum absolute atomic E-state index is 0.00159. The van der Waals surface area contributed by atoms with Gasteiger partial charge in [0.15, 0.2) is 0 Å². The van der Waals surface area contributed by atoms with E-state index in [1.807, 2.05) is 13.8 Å². The summed E-state index contributed by atoms with van der Waals surface area (Å²) in [5.74, 6) is 0.0280. The molecule has 2 fully saturated rings. The number of esters is 1. The molecule has 172 valence electrons. The lowest BCUT2D eigenvalue weighted by Gasteiger charge is -2.31. The summed E-state index contributed by atoms with van der Waals surface area (Å²) >= 11 is 0. The maximum atomic E-state index is 13.7. The number of benzene rings is 2. The van der Waals surface area contributed by atoms with E-state index >= 15 is 0 Å². The molecule has 0 saturated heterocycles. The molecule has 2 aliphatic rings. The molecule has 32 heavy (non-hydrogen) atoms. The SMILES string of the molecule is CC(C)C(Oc1cc(C(=O)Oc2ccccc2)ccc1C(F)(F)F)OC1CC2CCC1C2. The minimum Gasteiger partial charge on any atom is -0.464 e. The van der Waals surface area contributed by atoms with Crippen LogP contribution in [0.3, 0.4) is 0 Å². The smallest absolute Gasteiger partial charge is 0.419 e. The van der Waals surface area contributed by atoms with Gasteiger partial charge in [0, 0.05) is 5.92 Å². The van der Waals surface area contributed by atoms with Crippen molar-refractivity contribution in [3.05, 3.63) is 59.7 Å². The summed E-state index contributed by atoms with van der Waals surface area (Å²) < 4.78 is 58.2. The van der Waals surface area contributed by atoms with Gasteiger partial charge in [0.2, 0.25) is 6.29 Å². The molecule has 2 aromatic rings. The van der Waals surface area contributed by atoms with E-state index in [4.69, 9.17) is 14.2 Å². The summed E-state index contributed by atoms with van der Waals surface area (Å²) in [7, 11) is 0. The number of fused-ring (bicyclic) bond motifs is 2. The Kier molecular flexibility index (Phi) is 6.47. The molecule has 0 radical (unpaired) electrons. The van der Waals surface area contributed by atoms with Gasteiger partial charge in [-0.25, -0.2) is 4.79 Å². The predicted octanol–water partition coefficient (Wildman–Crippen LogP) is 6.49. The van der Waals surface area contributed by atoms with Crippen molar-refractivity contribution in [3.8, 4) is 11.5 Å². The zero-order chi connectivity index (χ0) is 22.9. The molecular weight excluding hydrogens is 421 g/mol. The second kappa shape index (κ2) is 9.14. The van der Waals surface area contributed by atoms with Crippen molar-refractivity contribution in [2.45, 2.75) is 58.1 Å². The number of halogens is 3. The molecule has 2 bridgehead atoms. The van der Waals surface area contributed by atoms with Crippen LogP contribution in [-0.4, -0.2) is 18.4 Å². The van der Waals surface area contributed by atoms with Gasteiger partial charge in [0.25, 0.3) is 0 Å². The van der Waals surface area contributed by atoms with Gasteiger partial charge in [-0.15, -0.1) is 0 Å². The van der Waals surface area contributed by atoms with Crippen LogP contribution >= 0.6 is 0 Å². The van der Waals surface area contributed by atoms with Crippen molar-refractivity contribution in [1.82, 2.24) is 0 Å². The fourth-order valence-corrected chi connectivity index (χ4v) is 4.61. The number of para-hydroxylation sites is 1. The average molecular weight is 448 g/mol. The fraction of sp³-hybridized carbons (Fsp3) is 0.480. The highest BCUT2D eigenvalue weighted by Gasteiger charge is 2.42. The quantitative estimate of drug-likeness (QED) is 0.276. The fourth-order valence-electron chi connectivity index (χ4n) is 4.61. The Morgan fingerprint density at radius 3 is 2.38 bits per heavy atom. The first-order valence-electron chi connectivity index (χ1n) is 11.0. The monoisotopic (exact) mass is 448 g/mol. The largest absolute Gasteiger partial charge is 0.464 e. The summed E-state index contributed by atoms with van der Waals surface area (Å²) in [6.07, 6.45) is -1.15. The van der Waals surface area contributed by atoms with E-state index in [0.29, 0.717) is 17.6 Å². The van der Waals surface area contributed by atoms with Crippen molar-refractivity contribution < 1.29 is 32.2 Å². The molecular formula is C25H27F3O4. The highest BCUT2D eigenvalue weighted by Crippen LogP contribution is 2.47. The summed E-state index contributed by atoms with van der Waals surface area (Å²) in [5, 5.41) is 0. The summed E-state index contributed by atoms with van der Waals surface area (Å²) in [6.45, 7) is 3.69. The van der Waals surface area contributed by atoms with E-state index in [0.717, 1.165) is 37.5 Å². The van der Waals surface area contributed by atoms with Gasteiger partial charge in [-0.2, -0.15) is 13.2 Å². The molecule has 0 N–H and O–H groups in total. The topological polar surface area (TPSA) is 44.8 Å². The number of alkyl halides is 3. The van der Waals surface area contributed by atoms with Crippen LogP contribution in [0.2, 0.25) is 0 Å². The number of carbonyl (C=O) groups excluding carboxylic acids is 1. The van der Waals surface area contributed by atoms with Crippen molar-refractivity contribution >= 4 is 5.97 Å². The van der Waals surface area contributed by atoms with Gasteiger partial charge in [-0.1, -0.05) is 32.0 Å². The van der Waals surface area contributed by atoms with Crippen molar-refractivity contribution in [1.29, 1.82) is 0 Å². The Balaban J connectivity index is 1.56. The Morgan fingerprint density at radius 2 is 1.78 bits per heavy atom. The summed E-state index contributed by atoms with van der Waals surface area (Å²) in [4.78, 5) is 12.5. The highest BCUT2D eigenvalue weighted by molar-refractivity contribution is 5.91. The molecule has 0 heterocycles. The number of ether oxygens (including phenoxy) is 3. The van der Waals surface area contributed by atoms with Crippen LogP contribution in [0.25, 0.3) is 0 Å². The zero-order valence-corrected chi connectivity index (χ0v) is 18.1. The van der Waals surface area contributed by atoms with Gasteiger partial charge < -0.3 is 14.2 Å². The predicted molar refractivity (Wildman–Crippen MR) is 112 cm³/mol. The lowest BCUT2D eigenvalue weighted by molar-refractivity contribution is -0.164. The van der Waals surface area contributed by atoms with Crippen LogP contribution in [-0.2, 0) is 10.9 Å². The Morgan fingerprint density at radius 1 is 1.03 bits per heavy atom. The molecule has 0 spiro atoms. The molecule has 4 rings (SSSR count). The van der Waals surface area contributed by atoms with E-state index in [1.54, 1.807) is 30.3 Å². The van der Waals surface area contributed by atoms with Crippen LogP contribution in [0.4, 0.5) is 13.2 Å². The Hall–Kier alpha value is -2.54. The van der Waals surface area contributed by atoms with Crippen molar-refractivity contribution in [2.24, 2.45) is 17.8 Å². The van der Waals surface area contributed by atoms with E-state index in [9.17, 15) is 18.0 Å². The first-order valence-corrected chi connectivity index (χ1v) is 11.0. The summed E-state index contributed by atoms with van der Waals surface area (Å²) in [6, 6.07) is 11.4. The number of hydrogen-bond donors (Lipinski definition) is 0. The van der Waals surface area contributed by atoms with Crippen molar-refractivity contribution in [3.63, 3.8) is 0 Å². The number of hydrogen-bond acceptors (Lipinski definition) is 4. The van der Waals surface area contributed by atoms with Crippen LogP contribution < -0.4 is 9.47 Å². The second-order valence-corrected chi connectivity index (χ2v) is 8.99. The molecule has 0 aliphatic heterocycles. The molecule has 4 nitrogen and oxygen atoms in total. The molecule has 2 aromatic carbocycles. The molecule has 7 heteroatoms. The maximum absolute atomic E-state index is 13.7. The standard InChI is InChI=1S/C25H27F3O4/c1-15(2)24(31-21-13-16-8-9-17(21)12-16)32-22-14-18(10-11-20(22)25(26,27)28)23(29)30-19-6-4-3-5-7-19/h3-7,10-11,14-17,21,24H,8-9,12-13H2,1-2H3. The molecule has 4 unspecified atom stereocenters. The van der Waals surface area contributed by atoms with Crippen LogP contribution in [0.1, 0.15) is 55.5 Å². The van der Waals surface area contributed by atoms with E-state index in [-0.39, 0.29) is 17.6 Å². The normalized spacial score (nSPS) is 23.4. The van der Waals surface area contributed by atoms with E-state index in [2.05, 4.69) is 0 Å². The molecule has 2 saturated carbocycles. The maximum Gasteiger partial charge on any atom is 0.419 e. The number of rotatable bonds is 7. The molecule has 0 amide bonds. The van der Waals surface area contributed by atoms with Gasteiger partial charge in [0.05, 0.1) is 17.2 Å². The lowest BCUT2D eigenvalue weighted by atomic mass is 9.97. The Labute approximate surface area is 185 Å². The van der Waals surface area contributed by atoms with Gasteiger partial charge in [0.1, 0.15) is 11.5 Å². The third-order valence-corrected chi connectivity index (χ3v) is 6.25. The van der Waals surface area contributed by atoms with Crippen LogP contribution in [0.15, 0.2) is 48.5 Å². The van der Waals surface area contributed by atoms with Gasteiger partial charge in [-0.05, 0) is 67.9 Å². The minimum atomic E-state index is -4.63. The van der Waals surface area contributed by atoms with Gasteiger partial charge >= 0.3 is 12.1 Å². The highest BCUT2D eigenvalue weighted by atomic mass is 19.4. The Bertz CT molecular complexity index is 942. The van der Waals surface area contributed by atoms with Crippen molar-refractivity contribution in [2.75, 3.05) is 0 Å². The van der Waals surface area contributed by atoms with Gasteiger partial charge in [-0.3, -0.25) is 0 Å². The first-order chi connectivity index (χ1) is 15.2. The van der Waals surface area contributed by atoms with Crippen LogP contribution in [0, 0.1) is 17.8 Å². The second-order valence-electron chi connectivity index (χ2n) is 8.99. The third-order valence-electron chi connectivity index (χ3n) is 6.25. The lowest BCUT2D eigenvalue weighted by Crippen LogP contribution is -2.34. The molecule has 0 aromatic heterocycles. The summed E-state index contributed by atoms with van der Waals surface area (Å²) in [5.41, 5.74) is -0.977.